The van der Waals surface area contributed by atoms with Crippen molar-refractivity contribution in [3.63, 3.8) is 0 Å². The zero-order valence-corrected chi connectivity index (χ0v) is 29.7. The van der Waals surface area contributed by atoms with Crippen LogP contribution in [0.25, 0.3) is 71.6 Å². The van der Waals surface area contributed by atoms with E-state index < -0.39 is 0 Å². The van der Waals surface area contributed by atoms with Gasteiger partial charge in [0, 0.05) is 33.5 Å². The Kier molecular flexibility index (Phi) is 7.85. The largest absolute Gasteiger partial charge is 0.311 e. The van der Waals surface area contributed by atoms with Gasteiger partial charge in [-0.1, -0.05) is 158 Å². The molecule has 1 aromatic heterocycles. The first-order chi connectivity index (χ1) is 26.8. The second-order valence-corrected chi connectivity index (χ2v) is 13.8. The topological polar surface area (TPSA) is 8.17 Å². The smallest absolute Gasteiger partial charge is 0.0541 e. The summed E-state index contributed by atoms with van der Waals surface area (Å²) in [5.41, 5.74) is 14.2. The predicted octanol–water partition coefficient (Wildman–Crippen LogP) is 14.4. The van der Waals surface area contributed by atoms with Crippen molar-refractivity contribution in [3.8, 4) is 39.1 Å². The molecule has 254 valence electrons. The van der Waals surface area contributed by atoms with Gasteiger partial charge in [0.1, 0.15) is 0 Å². The number of benzene rings is 9. The highest BCUT2D eigenvalue weighted by atomic mass is 15.1. The Bertz CT molecular complexity index is 2830. The van der Waals surface area contributed by atoms with E-state index in [9.17, 15) is 0 Å². The fourth-order valence-corrected chi connectivity index (χ4v) is 8.04. The van der Waals surface area contributed by atoms with Gasteiger partial charge in [-0.25, -0.2) is 0 Å². The van der Waals surface area contributed by atoms with Crippen LogP contribution in [-0.2, 0) is 0 Å². The van der Waals surface area contributed by atoms with Crippen LogP contribution in [-0.4, -0.2) is 4.57 Å². The third kappa shape index (κ3) is 5.53. The van der Waals surface area contributed by atoms with Crippen molar-refractivity contribution in [2.24, 2.45) is 0 Å². The first-order valence-electron chi connectivity index (χ1n) is 18.5. The first kappa shape index (κ1) is 31.6. The fourth-order valence-electron chi connectivity index (χ4n) is 8.04. The Morgan fingerprint density at radius 1 is 0.259 bits per heavy atom. The molecular weight excluding hydrogens is 653 g/mol. The predicted molar refractivity (Wildman–Crippen MR) is 229 cm³/mol. The van der Waals surface area contributed by atoms with Gasteiger partial charge < -0.3 is 9.47 Å². The zero-order chi connectivity index (χ0) is 35.8. The monoisotopic (exact) mass is 688 g/mol. The third-order valence-electron chi connectivity index (χ3n) is 10.6. The number of para-hydroxylation sites is 3. The molecule has 0 radical (unpaired) electrons. The number of hydrogen-bond acceptors (Lipinski definition) is 1. The lowest BCUT2D eigenvalue weighted by Gasteiger charge is -2.26. The Balaban J connectivity index is 0.970. The van der Waals surface area contributed by atoms with Crippen LogP contribution in [0.1, 0.15) is 0 Å². The minimum atomic E-state index is 1.11. The van der Waals surface area contributed by atoms with E-state index in [0.29, 0.717) is 0 Å². The van der Waals surface area contributed by atoms with Gasteiger partial charge in [-0.2, -0.15) is 0 Å². The van der Waals surface area contributed by atoms with Gasteiger partial charge in [0.15, 0.2) is 0 Å². The lowest BCUT2D eigenvalue weighted by Crippen LogP contribution is -2.09. The number of fused-ring (bicyclic) bond motifs is 4. The van der Waals surface area contributed by atoms with Crippen LogP contribution in [0.15, 0.2) is 218 Å². The molecule has 0 N–H and O–H groups in total. The SMILES string of the molecule is c1ccc(-c2ccc(-c3ccc(N(c4ccccc4)c4ccc(-c5ccc(-n6c7ccccc7c7ccccc76)cc5)cc4)cc3)c3ccccc23)cc1. The fraction of sp³-hybridized carbons (Fsp3) is 0. The molecule has 0 aliphatic carbocycles. The van der Waals surface area contributed by atoms with Gasteiger partial charge in [-0.15, -0.1) is 0 Å². The molecule has 0 aliphatic rings. The number of aromatic nitrogens is 1. The van der Waals surface area contributed by atoms with Crippen LogP contribution in [0.4, 0.5) is 17.1 Å². The van der Waals surface area contributed by atoms with Crippen molar-refractivity contribution in [1.29, 1.82) is 0 Å². The molecular formula is C52H36N2. The summed E-state index contributed by atoms with van der Waals surface area (Å²) < 4.78 is 2.36. The quantitative estimate of drug-likeness (QED) is 0.162. The van der Waals surface area contributed by atoms with Crippen molar-refractivity contribution in [1.82, 2.24) is 4.57 Å². The van der Waals surface area contributed by atoms with E-state index >= 15 is 0 Å². The van der Waals surface area contributed by atoms with Gasteiger partial charge in [-0.05, 0) is 105 Å². The lowest BCUT2D eigenvalue weighted by molar-refractivity contribution is 1.18. The second-order valence-electron chi connectivity index (χ2n) is 13.8. The highest BCUT2D eigenvalue weighted by Crippen LogP contribution is 2.40. The number of rotatable bonds is 7. The van der Waals surface area contributed by atoms with Gasteiger partial charge in [0.25, 0.3) is 0 Å². The summed E-state index contributed by atoms with van der Waals surface area (Å²) >= 11 is 0. The van der Waals surface area contributed by atoms with Crippen molar-refractivity contribution in [2.45, 2.75) is 0 Å². The highest BCUT2D eigenvalue weighted by molar-refractivity contribution is 6.09. The van der Waals surface area contributed by atoms with Gasteiger partial charge in [0.05, 0.1) is 11.0 Å². The van der Waals surface area contributed by atoms with Crippen LogP contribution in [0.2, 0.25) is 0 Å². The average Bonchev–Trinajstić information content (AvgIpc) is 3.59. The van der Waals surface area contributed by atoms with E-state index in [1.807, 2.05) is 0 Å². The summed E-state index contributed by atoms with van der Waals surface area (Å²) in [6.45, 7) is 0. The number of hydrogen-bond donors (Lipinski definition) is 0. The summed E-state index contributed by atoms with van der Waals surface area (Å²) in [5.74, 6) is 0. The van der Waals surface area contributed by atoms with Gasteiger partial charge >= 0.3 is 0 Å². The summed E-state index contributed by atoms with van der Waals surface area (Å²) in [7, 11) is 0. The summed E-state index contributed by atoms with van der Waals surface area (Å²) in [6, 6.07) is 78.7. The molecule has 10 rings (SSSR count). The van der Waals surface area contributed by atoms with E-state index in [0.717, 1.165) is 22.7 Å². The standard InChI is InChI=1S/C52H36N2/c1-3-13-39(14-4-1)45-35-36-46(48-18-8-7-17-47(45)48)40-27-33-43(34-28-40)53(41-15-5-2-6-16-41)42-29-23-37(24-30-42)38-25-31-44(32-26-38)54-51-21-11-9-19-49(51)50-20-10-12-22-52(50)54/h1-36H. The third-order valence-corrected chi connectivity index (χ3v) is 10.6. The van der Waals surface area contributed by atoms with E-state index in [-0.39, 0.29) is 0 Å². The van der Waals surface area contributed by atoms with Crippen LogP contribution in [0, 0.1) is 0 Å². The second kappa shape index (κ2) is 13.4. The van der Waals surface area contributed by atoms with Gasteiger partial charge in [-0.3, -0.25) is 0 Å². The van der Waals surface area contributed by atoms with Crippen LogP contribution in [0.3, 0.4) is 0 Å². The maximum atomic E-state index is 2.36. The van der Waals surface area contributed by atoms with Crippen molar-refractivity contribution in [3.05, 3.63) is 218 Å². The maximum Gasteiger partial charge on any atom is 0.0541 e. The van der Waals surface area contributed by atoms with Crippen LogP contribution < -0.4 is 4.90 Å². The summed E-state index contributed by atoms with van der Waals surface area (Å²) in [6.07, 6.45) is 0. The number of nitrogens with zero attached hydrogens (tertiary/aromatic N) is 2. The minimum Gasteiger partial charge on any atom is -0.311 e. The number of anilines is 3. The van der Waals surface area contributed by atoms with Crippen molar-refractivity contribution in [2.75, 3.05) is 4.90 Å². The Morgan fingerprint density at radius 2 is 0.630 bits per heavy atom. The first-order valence-corrected chi connectivity index (χ1v) is 18.5. The molecule has 9 aromatic carbocycles. The molecule has 0 fully saturated rings. The molecule has 0 amide bonds. The van der Waals surface area contributed by atoms with E-state index in [1.54, 1.807) is 0 Å². The zero-order valence-electron chi connectivity index (χ0n) is 29.7. The maximum absolute atomic E-state index is 2.36. The Morgan fingerprint density at radius 3 is 1.15 bits per heavy atom. The molecule has 0 aliphatic heterocycles. The molecule has 1 heterocycles. The molecule has 0 saturated carbocycles. The van der Waals surface area contributed by atoms with Crippen LogP contribution in [0.5, 0.6) is 0 Å². The van der Waals surface area contributed by atoms with E-state index in [1.165, 1.54) is 66.0 Å². The normalized spacial score (nSPS) is 11.3. The molecule has 0 unspecified atom stereocenters. The van der Waals surface area contributed by atoms with E-state index in [2.05, 4.69) is 228 Å². The minimum absolute atomic E-state index is 1.11. The summed E-state index contributed by atoms with van der Waals surface area (Å²) in [4.78, 5) is 2.33. The van der Waals surface area contributed by atoms with Crippen molar-refractivity contribution < 1.29 is 0 Å². The summed E-state index contributed by atoms with van der Waals surface area (Å²) in [5, 5.41) is 5.07. The molecule has 0 saturated heterocycles. The van der Waals surface area contributed by atoms with Crippen LogP contribution >= 0.6 is 0 Å². The molecule has 0 spiro atoms. The Hall–Kier alpha value is -7.16. The average molecular weight is 689 g/mol. The molecule has 54 heavy (non-hydrogen) atoms. The lowest BCUT2D eigenvalue weighted by atomic mass is 9.92. The van der Waals surface area contributed by atoms with E-state index in [4.69, 9.17) is 0 Å². The molecule has 2 heteroatoms. The van der Waals surface area contributed by atoms with Crippen molar-refractivity contribution >= 4 is 49.6 Å². The van der Waals surface area contributed by atoms with Gasteiger partial charge in [0.2, 0.25) is 0 Å². The molecule has 0 atom stereocenters. The highest BCUT2D eigenvalue weighted by Gasteiger charge is 2.15. The molecule has 2 nitrogen and oxygen atoms in total. The molecule has 0 bridgehead atoms. The molecule has 10 aromatic rings. The Labute approximate surface area is 315 Å².